The molecular weight excluding hydrogens is 345 g/mol. The summed E-state index contributed by atoms with van der Waals surface area (Å²) in [6.07, 6.45) is 1.02. The van der Waals surface area contributed by atoms with Gasteiger partial charge >= 0.3 is 6.09 Å². The number of benzene rings is 1. The Hall–Kier alpha value is -2.12. The number of anilines is 2. The molecule has 2 heterocycles. The predicted octanol–water partition coefficient (Wildman–Crippen LogP) is 3.79. The molecule has 2 saturated heterocycles. The molecule has 0 aliphatic carbocycles. The lowest BCUT2D eigenvalue weighted by atomic mass is 10.2. The molecule has 1 unspecified atom stereocenters. The van der Waals surface area contributed by atoms with Crippen LogP contribution < -0.4 is 9.80 Å². The Morgan fingerprint density at radius 1 is 1.36 bits per heavy atom. The van der Waals surface area contributed by atoms with E-state index in [1.807, 2.05) is 11.8 Å². The molecule has 1 atom stereocenters. The number of amides is 1. The van der Waals surface area contributed by atoms with Gasteiger partial charge in [-0.05, 0) is 48.1 Å². The summed E-state index contributed by atoms with van der Waals surface area (Å²) in [4.78, 5) is 18.1. The van der Waals surface area contributed by atoms with Crippen molar-refractivity contribution in [2.45, 2.75) is 18.9 Å². The number of halogens is 1. The maximum Gasteiger partial charge on any atom is 0.414 e. The van der Waals surface area contributed by atoms with E-state index in [0.29, 0.717) is 11.4 Å². The van der Waals surface area contributed by atoms with E-state index in [1.54, 1.807) is 12.1 Å². The molecule has 1 amide bonds. The van der Waals surface area contributed by atoms with E-state index in [0.717, 1.165) is 37.4 Å². The van der Waals surface area contributed by atoms with E-state index < -0.39 is 12.2 Å². The summed E-state index contributed by atoms with van der Waals surface area (Å²) in [7, 11) is 0. The van der Waals surface area contributed by atoms with Crippen molar-refractivity contribution in [3.05, 3.63) is 34.5 Å². The Kier molecular flexibility index (Phi) is 5.88. The number of carbonyl (C=O) groups is 1. The van der Waals surface area contributed by atoms with Gasteiger partial charge in [-0.3, -0.25) is 4.90 Å². The lowest BCUT2D eigenvalue weighted by molar-refractivity contribution is 0.145. The average Bonchev–Trinajstić information content (AvgIpc) is 2.94. The molecule has 25 heavy (non-hydrogen) atoms. The summed E-state index contributed by atoms with van der Waals surface area (Å²) in [5.74, 6) is 1.86. The molecule has 0 bridgehead atoms. The van der Waals surface area contributed by atoms with Crippen LogP contribution in [0.3, 0.4) is 0 Å². The average molecular weight is 365 g/mol. The Labute approximate surface area is 149 Å². The second kappa shape index (κ2) is 8.31. The van der Waals surface area contributed by atoms with Gasteiger partial charge in [0.05, 0.1) is 24.5 Å². The smallest absolute Gasteiger partial charge is 0.414 e. The van der Waals surface area contributed by atoms with Crippen LogP contribution in [0, 0.1) is 5.82 Å². The first-order valence-electron chi connectivity index (χ1n) is 8.30. The molecule has 134 valence electrons. The predicted molar refractivity (Wildman–Crippen MR) is 96.8 cm³/mol. The fraction of sp³-hybridized carbons (Fsp3) is 0.562. The number of nitrogens with zero attached hydrogens (tertiary/aromatic N) is 5. The molecule has 0 N–H and O–H groups in total. The van der Waals surface area contributed by atoms with Gasteiger partial charge in [-0.2, -0.15) is 11.8 Å². The molecule has 0 saturated carbocycles. The van der Waals surface area contributed by atoms with E-state index in [2.05, 4.69) is 14.9 Å². The van der Waals surface area contributed by atoms with Crippen molar-refractivity contribution in [3.8, 4) is 0 Å². The number of rotatable bonds is 4. The SMILES string of the molecule is [N-]=[N+]=NCC1CN(c2ccc(N3CCCSCCC3)c(F)c2)C(=O)O1. The minimum atomic E-state index is -0.548. The van der Waals surface area contributed by atoms with E-state index in [9.17, 15) is 9.18 Å². The van der Waals surface area contributed by atoms with Crippen molar-refractivity contribution in [2.75, 3.05) is 47.5 Å². The van der Waals surface area contributed by atoms with Crippen LogP contribution in [-0.2, 0) is 4.74 Å². The summed E-state index contributed by atoms with van der Waals surface area (Å²) in [5, 5.41) is 3.42. The van der Waals surface area contributed by atoms with Crippen LogP contribution in [0.25, 0.3) is 10.4 Å². The van der Waals surface area contributed by atoms with Gasteiger partial charge in [-0.1, -0.05) is 5.11 Å². The number of carbonyl (C=O) groups excluding carboxylic acids is 1. The number of ether oxygens (including phenoxy) is 1. The fourth-order valence-corrected chi connectivity index (χ4v) is 3.92. The molecule has 2 aliphatic rings. The van der Waals surface area contributed by atoms with E-state index in [-0.39, 0.29) is 18.9 Å². The van der Waals surface area contributed by atoms with Crippen molar-refractivity contribution >= 4 is 29.2 Å². The lowest BCUT2D eigenvalue weighted by Gasteiger charge is -2.27. The molecule has 2 aliphatic heterocycles. The highest BCUT2D eigenvalue weighted by Gasteiger charge is 2.32. The Morgan fingerprint density at radius 3 is 2.80 bits per heavy atom. The maximum atomic E-state index is 14.7. The van der Waals surface area contributed by atoms with Crippen molar-refractivity contribution in [2.24, 2.45) is 5.11 Å². The topological polar surface area (TPSA) is 81.5 Å². The third kappa shape index (κ3) is 4.29. The molecule has 1 aromatic carbocycles. The Bertz CT molecular complexity index is 674. The van der Waals surface area contributed by atoms with Gasteiger partial charge in [-0.15, -0.1) is 0 Å². The zero-order chi connectivity index (χ0) is 17.6. The number of thioether (sulfide) groups is 1. The van der Waals surface area contributed by atoms with Crippen LogP contribution >= 0.6 is 11.8 Å². The molecule has 0 radical (unpaired) electrons. The highest BCUT2D eigenvalue weighted by atomic mass is 32.2. The second-order valence-electron chi connectivity index (χ2n) is 5.97. The first kappa shape index (κ1) is 17.7. The van der Waals surface area contributed by atoms with Gasteiger partial charge in [0.2, 0.25) is 0 Å². The zero-order valence-electron chi connectivity index (χ0n) is 13.8. The van der Waals surface area contributed by atoms with Crippen LogP contribution in [-0.4, -0.2) is 49.9 Å². The molecule has 0 spiro atoms. The number of hydrogen-bond donors (Lipinski definition) is 0. The monoisotopic (exact) mass is 365 g/mol. The highest BCUT2D eigenvalue weighted by Crippen LogP contribution is 2.29. The largest absolute Gasteiger partial charge is 0.444 e. The maximum absolute atomic E-state index is 14.7. The Balaban J connectivity index is 1.73. The molecule has 7 nitrogen and oxygen atoms in total. The van der Waals surface area contributed by atoms with Gasteiger partial charge in [0.15, 0.2) is 0 Å². The fourth-order valence-electron chi connectivity index (χ4n) is 3.04. The van der Waals surface area contributed by atoms with Crippen LogP contribution in [0.15, 0.2) is 23.3 Å². The number of cyclic esters (lactones) is 1. The standard InChI is InChI=1S/C16H20FN5O2S/c17-14-9-12(22-11-13(10-19-20-18)24-16(22)23)3-4-15(14)21-5-1-7-25-8-2-6-21/h3-4,9,13H,1-2,5-8,10-11H2. The van der Waals surface area contributed by atoms with Gasteiger partial charge in [0.1, 0.15) is 11.9 Å². The lowest BCUT2D eigenvalue weighted by Crippen LogP contribution is -2.29. The first-order chi connectivity index (χ1) is 12.2. The number of azide groups is 1. The minimum absolute atomic E-state index is 0.0745. The second-order valence-corrected chi connectivity index (χ2v) is 7.20. The quantitative estimate of drug-likeness (QED) is 0.462. The first-order valence-corrected chi connectivity index (χ1v) is 9.46. The highest BCUT2D eigenvalue weighted by molar-refractivity contribution is 7.99. The van der Waals surface area contributed by atoms with Crippen molar-refractivity contribution in [3.63, 3.8) is 0 Å². The molecule has 2 fully saturated rings. The van der Waals surface area contributed by atoms with Gasteiger partial charge in [-0.25, -0.2) is 9.18 Å². The Morgan fingerprint density at radius 2 is 2.12 bits per heavy atom. The summed E-state index contributed by atoms with van der Waals surface area (Å²) in [5.41, 5.74) is 9.39. The summed E-state index contributed by atoms with van der Waals surface area (Å²) in [6, 6.07) is 4.84. The minimum Gasteiger partial charge on any atom is -0.444 e. The van der Waals surface area contributed by atoms with Crippen LogP contribution in [0.2, 0.25) is 0 Å². The number of hydrogen-bond acceptors (Lipinski definition) is 5. The third-order valence-electron chi connectivity index (χ3n) is 4.24. The van der Waals surface area contributed by atoms with Gasteiger partial charge in [0, 0.05) is 18.0 Å². The molecule has 9 heteroatoms. The molecule has 1 aromatic rings. The molecule has 3 rings (SSSR count). The van der Waals surface area contributed by atoms with Gasteiger partial charge < -0.3 is 9.64 Å². The zero-order valence-corrected chi connectivity index (χ0v) is 14.6. The van der Waals surface area contributed by atoms with E-state index in [4.69, 9.17) is 10.3 Å². The van der Waals surface area contributed by atoms with E-state index >= 15 is 0 Å². The van der Waals surface area contributed by atoms with Crippen molar-refractivity contribution < 1.29 is 13.9 Å². The van der Waals surface area contributed by atoms with Crippen LogP contribution in [0.4, 0.5) is 20.6 Å². The van der Waals surface area contributed by atoms with E-state index in [1.165, 1.54) is 11.0 Å². The molecule has 0 aromatic heterocycles. The van der Waals surface area contributed by atoms with Crippen LogP contribution in [0.1, 0.15) is 12.8 Å². The van der Waals surface area contributed by atoms with Gasteiger partial charge in [0.25, 0.3) is 0 Å². The summed E-state index contributed by atoms with van der Waals surface area (Å²) < 4.78 is 19.8. The van der Waals surface area contributed by atoms with Crippen molar-refractivity contribution in [1.29, 1.82) is 0 Å². The summed E-state index contributed by atoms with van der Waals surface area (Å²) >= 11 is 1.95. The van der Waals surface area contributed by atoms with Crippen molar-refractivity contribution in [1.82, 2.24) is 0 Å². The third-order valence-corrected chi connectivity index (χ3v) is 5.39. The summed E-state index contributed by atoms with van der Waals surface area (Å²) in [6.45, 7) is 2.00. The normalized spacial score (nSPS) is 21.3. The van der Waals surface area contributed by atoms with Crippen LogP contribution in [0.5, 0.6) is 0 Å². The molecular formula is C16H20FN5O2S.